The smallest absolute Gasteiger partial charge is 0.101 e. The van der Waals surface area contributed by atoms with Gasteiger partial charge in [-0.2, -0.15) is 0 Å². The fourth-order valence-electron chi connectivity index (χ4n) is 1.95. The zero-order valence-corrected chi connectivity index (χ0v) is 11.0. The molecule has 0 aliphatic rings. The predicted molar refractivity (Wildman–Crippen MR) is 76.9 cm³/mol. The molecule has 0 aliphatic heterocycles. The van der Waals surface area contributed by atoms with Crippen LogP contribution in [-0.2, 0) is 6.42 Å². The molecule has 0 spiro atoms. The van der Waals surface area contributed by atoms with Gasteiger partial charge in [-0.05, 0) is 36.1 Å². The first-order chi connectivity index (χ1) is 8.83. The van der Waals surface area contributed by atoms with E-state index in [1.807, 2.05) is 36.4 Å². The molecule has 1 nitrogen and oxygen atoms in total. The van der Waals surface area contributed by atoms with Crippen LogP contribution >= 0.6 is 11.6 Å². The summed E-state index contributed by atoms with van der Waals surface area (Å²) in [6, 6.07) is 14.1. The number of aryl methyl sites for hydroxylation is 1. The lowest BCUT2D eigenvalue weighted by Gasteiger charge is -2.14. The average Bonchev–Trinajstić information content (AvgIpc) is 2.45. The van der Waals surface area contributed by atoms with Gasteiger partial charge in [0, 0.05) is 6.20 Å². The first kappa shape index (κ1) is 12.8. The third-order valence-corrected chi connectivity index (χ3v) is 3.35. The number of pyridine rings is 1. The molecule has 0 N–H and O–H groups in total. The number of allylic oxidation sites excluding steroid dienone is 1. The number of hydrogen-bond donors (Lipinski definition) is 0. The third kappa shape index (κ3) is 2.99. The zero-order chi connectivity index (χ0) is 12.8. The van der Waals surface area contributed by atoms with Crippen LogP contribution in [0.3, 0.4) is 0 Å². The maximum absolute atomic E-state index is 6.53. The van der Waals surface area contributed by atoms with E-state index in [1.165, 1.54) is 5.56 Å². The Morgan fingerprint density at radius 3 is 2.67 bits per heavy atom. The molecule has 92 valence electrons. The number of benzene rings is 1. The molecule has 0 aliphatic carbocycles. The van der Waals surface area contributed by atoms with Crippen LogP contribution in [-0.4, -0.2) is 4.98 Å². The molecule has 1 atom stereocenters. The van der Waals surface area contributed by atoms with E-state index in [0.29, 0.717) is 0 Å². The minimum Gasteiger partial charge on any atom is -0.259 e. The van der Waals surface area contributed by atoms with Crippen LogP contribution in [0.15, 0.2) is 61.3 Å². The fraction of sp³-hybridized carbons (Fsp3) is 0.188. The minimum absolute atomic E-state index is 0.188. The number of rotatable bonds is 5. The summed E-state index contributed by atoms with van der Waals surface area (Å²) in [5.41, 5.74) is 3.30. The largest absolute Gasteiger partial charge is 0.259 e. The maximum Gasteiger partial charge on any atom is 0.101 e. The maximum atomic E-state index is 6.53. The molecule has 1 unspecified atom stereocenters. The summed E-state index contributed by atoms with van der Waals surface area (Å²) in [4.78, 5) is 4.32. The molecule has 1 aromatic carbocycles. The van der Waals surface area contributed by atoms with Gasteiger partial charge in [0.1, 0.15) is 5.38 Å². The molecule has 1 heterocycles. The van der Waals surface area contributed by atoms with Gasteiger partial charge in [0.25, 0.3) is 0 Å². The first-order valence-corrected chi connectivity index (χ1v) is 6.50. The topological polar surface area (TPSA) is 12.9 Å². The Morgan fingerprint density at radius 1 is 1.17 bits per heavy atom. The first-order valence-electron chi connectivity index (χ1n) is 6.06. The van der Waals surface area contributed by atoms with Gasteiger partial charge in [-0.25, -0.2) is 0 Å². The lowest BCUT2D eigenvalue weighted by atomic mass is 9.98. The van der Waals surface area contributed by atoms with E-state index in [4.69, 9.17) is 11.6 Å². The highest BCUT2D eigenvalue weighted by Gasteiger charge is 2.14. The number of nitrogens with zero attached hydrogens (tertiary/aromatic N) is 1. The normalized spacial score (nSPS) is 12.1. The van der Waals surface area contributed by atoms with E-state index in [2.05, 4.69) is 23.7 Å². The van der Waals surface area contributed by atoms with E-state index in [1.54, 1.807) is 6.20 Å². The standard InChI is InChI=1S/C16H16ClN/c1-2-3-8-13-9-4-5-10-14(13)16(17)15-11-6-7-12-18-15/h2,4-7,9-12,16H,1,3,8H2. The van der Waals surface area contributed by atoms with Crippen LogP contribution in [0.4, 0.5) is 0 Å². The molecule has 18 heavy (non-hydrogen) atoms. The number of halogens is 1. The summed E-state index contributed by atoms with van der Waals surface area (Å²) in [5, 5.41) is -0.188. The molecule has 0 fully saturated rings. The highest BCUT2D eigenvalue weighted by molar-refractivity contribution is 6.22. The predicted octanol–water partition coefficient (Wildman–Crippen LogP) is 4.53. The molecule has 2 heteroatoms. The van der Waals surface area contributed by atoms with Crippen molar-refractivity contribution in [3.8, 4) is 0 Å². The van der Waals surface area contributed by atoms with Crippen molar-refractivity contribution in [3.05, 3.63) is 78.1 Å². The Bertz CT molecular complexity index is 508. The van der Waals surface area contributed by atoms with Crippen molar-refractivity contribution in [1.82, 2.24) is 4.98 Å². The molecule has 0 saturated carbocycles. The van der Waals surface area contributed by atoms with Crippen molar-refractivity contribution in [2.75, 3.05) is 0 Å². The van der Waals surface area contributed by atoms with Gasteiger partial charge in [-0.15, -0.1) is 18.2 Å². The summed E-state index contributed by atoms with van der Waals surface area (Å²) in [5.74, 6) is 0. The van der Waals surface area contributed by atoms with Crippen LogP contribution in [0, 0.1) is 0 Å². The Morgan fingerprint density at radius 2 is 1.94 bits per heavy atom. The highest BCUT2D eigenvalue weighted by atomic mass is 35.5. The Balaban J connectivity index is 2.29. The van der Waals surface area contributed by atoms with Gasteiger partial charge in [0.2, 0.25) is 0 Å². The lowest BCUT2D eigenvalue weighted by molar-refractivity contribution is 0.946. The average molecular weight is 258 g/mol. The van der Waals surface area contributed by atoms with Crippen molar-refractivity contribution < 1.29 is 0 Å². The fourth-order valence-corrected chi connectivity index (χ4v) is 2.29. The summed E-state index contributed by atoms with van der Waals surface area (Å²) in [7, 11) is 0. The van der Waals surface area contributed by atoms with Gasteiger partial charge in [0.15, 0.2) is 0 Å². The molecule has 2 aromatic rings. The van der Waals surface area contributed by atoms with E-state index < -0.39 is 0 Å². The van der Waals surface area contributed by atoms with Crippen molar-refractivity contribution >= 4 is 11.6 Å². The molecular weight excluding hydrogens is 242 g/mol. The van der Waals surface area contributed by atoms with Gasteiger partial charge < -0.3 is 0 Å². The SMILES string of the molecule is C=CCCc1ccccc1C(Cl)c1ccccn1. The van der Waals surface area contributed by atoms with E-state index in [0.717, 1.165) is 24.1 Å². The molecule has 0 bridgehead atoms. The molecule has 0 amide bonds. The molecule has 0 saturated heterocycles. The molecule has 2 rings (SSSR count). The van der Waals surface area contributed by atoms with Gasteiger partial charge in [-0.1, -0.05) is 36.4 Å². The second kappa shape index (κ2) is 6.36. The molecule has 1 aromatic heterocycles. The number of alkyl halides is 1. The van der Waals surface area contributed by atoms with Gasteiger partial charge >= 0.3 is 0 Å². The van der Waals surface area contributed by atoms with Crippen molar-refractivity contribution in [2.24, 2.45) is 0 Å². The van der Waals surface area contributed by atoms with Crippen LogP contribution in [0.2, 0.25) is 0 Å². The van der Waals surface area contributed by atoms with Crippen molar-refractivity contribution in [1.29, 1.82) is 0 Å². The minimum atomic E-state index is -0.188. The summed E-state index contributed by atoms with van der Waals surface area (Å²) < 4.78 is 0. The van der Waals surface area contributed by atoms with Crippen LogP contribution in [0.25, 0.3) is 0 Å². The zero-order valence-electron chi connectivity index (χ0n) is 10.2. The van der Waals surface area contributed by atoms with Crippen LogP contribution in [0.1, 0.15) is 28.6 Å². The summed E-state index contributed by atoms with van der Waals surface area (Å²) in [6.45, 7) is 3.76. The quantitative estimate of drug-likeness (QED) is 0.567. The second-order valence-electron chi connectivity index (χ2n) is 4.14. The van der Waals surface area contributed by atoms with Gasteiger partial charge in [0.05, 0.1) is 5.69 Å². The van der Waals surface area contributed by atoms with E-state index in [9.17, 15) is 0 Å². The van der Waals surface area contributed by atoms with Crippen molar-refractivity contribution in [3.63, 3.8) is 0 Å². The summed E-state index contributed by atoms with van der Waals surface area (Å²) >= 11 is 6.53. The summed E-state index contributed by atoms with van der Waals surface area (Å²) in [6.07, 6.45) is 5.64. The van der Waals surface area contributed by atoms with Gasteiger partial charge in [-0.3, -0.25) is 4.98 Å². The second-order valence-corrected chi connectivity index (χ2v) is 4.58. The van der Waals surface area contributed by atoms with Crippen LogP contribution < -0.4 is 0 Å². The van der Waals surface area contributed by atoms with E-state index in [-0.39, 0.29) is 5.38 Å². The molecule has 0 radical (unpaired) electrons. The Labute approximate surface area is 113 Å². The lowest BCUT2D eigenvalue weighted by Crippen LogP contribution is -2.00. The van der Waals surface area contributed by atoms with Crippen molar-refractivity contribution in [2.45, 2.75) is 18.2 Å². The van der Waals surface area contributed by atoms with Crippen LogP contribution in [0.5, 0.6) is 0 Å². The Hall–Kier alpha value is -1.60. The monoisotopic (exact) mass is 257 g/mol. The molecular formula is C16H16ClN. The number of hydrogen-bond acceptors (Lipinski definition) is 1. The number of aromatic nitrogens is 1. The van der Waals surface area contributed by atoms with E-state index >= 15 is 0 Å². The highest BCUT2D eigenvalue weighted by Crippen LogP contribution is 2.30. The third-order valence-electron chi connectivity index (χ3n) is 2.89. The Kier molecular flexibility index (Phi) is 4.54.